The number of aryl methyl sites for hydroxylation is 1. The minimum Gasteiger partial charge on any atom is -0.492 e. The van der Waals surface area contributed by atoms with Gasteiger partial charge in [0, 0.05) is 5.92 Å². The summed E-state index contributed by atoms with van der Waals surface area (Å²) in [6, 6.07) is 7.01. The number of amides is 1. The van der Waals surface area contributed by atoms with Gasteiger partial charge in [0.2, 0.25) is 15.4 Å². The first-order chi connectivity index (χ1) is 12.2. The molecular weight excluding hydrogens is 376 g/mol. The molecule has 0 aliphatic carbocycles. The smallest absolute Gasteiger partial charge is 0.270 e. The highest BCUT2D eigenvalue weighted by Gasteiger charge is 2.23. The summed E-state index contributed by atoms with van der Waals surface area (Å²) in [6.07, 6.45) is 0. The van der Waals surface area contributed by atoms with E-state index in [0.717, 1.165) is 16.9 Å². The van der Waals surface area contributed by atoms with E-state index >= 15 is 0 Å². The largest absolute Gasteiger partial charge is 0.492 e. The van der Waals surface area contributed by atoms with Crippen LogP contribution in [0, 0.1) is 12.8 Å². The number of anilines is 1. The van der Waals surface area contributed by atoms with Crippen LogP contribution in [-0.2, 0) is 14.8 Å². The molecule has 0 aliphatic heterocycles. The van der Waals surface area contributed by atoms with E-state index in [-0.39, 0.29) is 27.9 Å². The number of ether oxygens (including phenoxy) is 1. The van der Waals surface area contributed by atoms with Crippen molar-refractivity contribution in [1.29, 1.82) is 0 Å². The number of sulfonamides is 1. The van der Waals surface area contributed by atoms with Crippen LogP contribution in [0.3, 0.4) is 0 Å². The van der Waals surface area contributed by atoms with E-state index in [1.54, 1.807) is 20.8 Å². The van der Waals surface area contributed by atoms with E-state index in [0.29, 0.717) is 5.75 Å². The first-order valence-electron chi connectivity index (χ1n) is 8.03. The Bertz CT molecular complexity index is 847. The van der Waals surface area contributed by atoms with Crippen LogP contribution in [0.4, 0.5) is 5.13 Å². The van der Waals surface area contributed by atoms with Crippen LogP contribution in [0.2, 0.25) is 0 Å². The lowest BCUT2D eigenvalue weighted by Crippen LogP contribution is -2.36. The highest BCUT2D eigenvalue weighted by atomic mass is 32.2. The number of hydrogen-bond acceptors (Lipinski definition) is 7. The average Bonchev–Trinajstić information content (AvgIpc) is 3.03. The molecule has 0 saturated carbocycles. The molecule has 2 rings (SSSR count). The highest BCUT2D eigenvalue weighted by molar-refractivity contribution is 7.91. The lowest BCUT2D eigenvalue weighted by atomic mass is 10.2. The van der Waals surface area contributed by atoms with Gasteiger partial charge in [-0.15, -0.1) is 10.2 Å². The molecule has 0 fully saturated rings. The lowest BCUT2D eigenvalue weighted by molar-refractivity contribution is -0.118. The maximum atomic E-state index is 12.4. The van der Waals surface area contributed by atoms with Gasteiger partial charge in [-0.25, -0.2) is 13.1 Å². The summed E-state index contributed by atoms with van der Waals surface area (Å²) in [6.45, 7) is 7.28. The number of benzene rings is 1. The SMILES string of the molecule is Cc1ccc(OCC(C)NS(=O)(=O)c2nnc(NC(=O)C(C)C)s2)cc1. The minimum atomic E-state index is -3.84. The number of hydrogen-bond donors (Lipinski definition) is 2. The first-order valence-corrected chi connectivity index (χ1v) is 10.3. The normalized spacial score (nSPS) is 12.8. The second-order valence-electron chi connectivity index (χ2n) is 6.16. The monoisotopic (exact) mass is 398 g/mol. The van der Waals surface area contributed by atoms with Crippen molar-refractivity contribution in [1.82, 2.24) is 14.9 Å². The van der Waals surface area contributed by atoms with Gasteiger partial charge in [-0.1, -0.05) is 42.9 Å². The molecule has 0 saturated heterocycles. The number of aromatic nitrogens is 2. The third kappa shape index (κ3) is 5.75. The van der Waals surface area contributed by atoms with Crippen molar-refractivity contribution in [2.75, 3.05) is 11.9 Å². The molecule has 142 valence electrons. The molecule has 10 heteroatoms. The Kier molecular flexibility index (Phi) is 6.68. The Morgan fingerprint density at radius 2 is 1.85 bits per heavy atom. The molecule has 8 nitrogen and oxygen atoms in total. The number of nitrogens with zero attached hydrogens (tertiary/aromatic N) is 2. The number of nitrogens with one attached hydrogen (secondary N) is 2. The molecule has 0 aliphatic rings. The van der Waals surface area contributed by atoms with Crippen LogP contribution in [0.1, 0.15) is 26.3 Å². The summed E-state index contributed by atoms with van der Waals surface area (Å²) < 4.78 is 32.6. The third-order valence-electron chi connectivity index (χ3n) is 3.27. The zero-order valence-electron chi connectivity index (χ0n) is 15.0. The Morgan fingerprint density at radius 3 is 2.46 bits per heavy atom. The lowest BCUT2D eigenvalue weighted by Gasteiger charge is -2.14. The molecule has 1 unspecified atom stereocenters. The van der Waals surface area contributed by atoms with Crippen molar-refractivity contribution >= 4 is 32.4 Å². The molecule has 1 atom stereocenters. The summed E-state index contributed by atoms with van der Waals surface area (Å²) >= 11 is 0.798. The van der Waals surface area contributed by atoms with Crippen molar-refractivity contribution in [3.05, 3.63) is 29.8 Å². The molecule has 2 N–H and O–H groups in total. The van der Waals surface area contributed by atoms with Crippen molar-refractivity contribution < 1.29 is 17.9 Å². The van der Waals surface area contributed by atoms with E-state index in [4.69, 9.17) is 4.74 Å². The Balaban J connectivity index is 1.93. The van der Waals surface area contributed by atoms with Crippen LogP contribution in [0.25, 0.3) is 0 Å². The molecule has 0 radical (unpaired) electrons. The van der Waals surface area contributed by atoms with Crippen molar-refractivity contribution in [3.63, 3.8) is 0 Å². The number of carbonyl (C=O) groups excluding carboxylic acids is 1. The standard InChI is InChI=1S/C16H22N4O4S2/c1-10(2)14(21)17-15-18-19-16(25-15)26(22,23)20-12(4)9-24-13-7-5-11(3)6-8-13/h5-8,10,12,20H,9H2,1-4H3,(H,17,18,21). The first kappa shape index (κ1) is 20.3. The molecule has 1 aromatic heterocycles. The number of carbonyl (C=O) groups is 1. The van der Waals surface area contributed by atoms with E-state index in [2.05, 4.69) is 20.2 Å². The summed E-state index contributed by atoms with van der Waals surface area (Å²) in [4.78, 5) is 11.6. The van der Waals surface area contributed by atoms with Crippen LogP contribution in [-0.4, -0.2) is 37.2 Å². The van der Waals surface area contributed by atoms with Crippen molar-refractivity contribution in [3.8, 4) is 5.75 Å². The van der Waals surface area contributed by atoms with Gasteiger partial charge in [-0.05, 0) is 26.0 Å². The minimum absolute atomic E-state index is 0.146. The average molecular weight is 399 g/mol. The predicted molar refractivity (Wildman–Crippen MR) is 99.8 cm³/mol. The molecule has 0 bridgehead atoms. The van der Waals surface area contributed by atoms with Gasteiger partial charge >= 0.3 is 0 Å². The fourth-order valence-corrected chi connectivity index (χ4v) is 3.97. The van der Waals surface area contributed by atoms with E-state index < -0.39 is 16.1 Å². The Morgan fingerprint density at radius 1 is 1.19 bits per heavy atom. The maximum Gasteiger partial charge on any atom is 0.270 e. The highest BCUT2D eigenvalue weighted by Crippen LogP contribution is 2.20. The molecule has 26 heavy (non-hydrogen) atoms. The maximum absolute atomic E-state index is 12.4. The fourth-order valence-electron chi connectivity index (χ4n) is 1.82. The summed E-state index contributed by atoms with van der Waals surface area (Å²) in [5, 5.41) is 10.0. The van der Waals surface area contributed by atoms with Gasteiger partial charge in [-0.2, -0.15) is 0 Å². The van der Waals surface area contributed by atoms with Gasteiger partial charge < -0.3 is 10.1 Å². The Hall–Kier alpha value is -2.04. The van der Waals surface area contributed by atoms with Crippen LogP contribution >= 0.6 is 11.3 Å². The summed E-state index contributed by atoms with van der Waals surface area (Å²) in [5.74, 6) is 0.171. The van der Waals surface area contributed by atoms with E-state index in [9.17, 15) is 13.2 Å². The van der Waals surface area contributed by atoms with Gasteiger partial charge in [-0.3, -0.25) is 4.79 Å². The molecule has 2 aromatic rings. The van der Waals surface area contributed by atoms with Crippen LogP contribution in [0.5, 0.6) is 5.75 Å². The third-order valence-corrected chi connectivity index (χ3v) is 6.06. The second-order valence-corrected chi connectivity index (χ2v) is 9.03. The predicted octanol–water partition coefficient (Wildman–Crippen LogP) is 2.19. The molecule has 1 aromatic carbocycles. The van der Waals surface area contributed by atoms with Gasteiger partial charge in [0.15, 0.2) is 0 Å². The van der Waals surface area contributed by atoms with E-state index in [1.165, 1.54) is 0 Å². The zero-order valence-corrected chi connectivity index (χ0v) is 16.6. The fraction of sp³-hybridized carbons (Fsp3) is 0.438. The zero-order chi connectivity index (χ0) is 19.3. The molecule has 1 heterocycles. The topological polar surface area (TPSA) is 110 Å². The van der Waals surface area contributed by atoms with Gasteiger partial charge in [0.25, 0.3) is 10.0 Å². The van der Waals surface area contributed by atoms with Crippen molar-refractivity contribution in [2.45, 2.75) is 38.1 Å². The molecular formula is C16H22N4O4S2. The van der Waals surface area contributed by atoms with E-state index in [1.807, 2.05) is 31.2 Å². The molecule has 1 amide bonds. The van der Waals surface area contributed by atoms with Crippen LogP contribution < -0.4 is 14.8 Å². The van der Waals surface area contributed by atoms with Crippen LogP contribution in [0.15, 0.2) is 28.6 Å². The van der Waals surface area contributed by atoms with Crippen molar-refractivity contribution in [2.24, 2.45) is 5.92 Å². The summed E-state index contributed by atoms with van der Waals surface area (Å²) in [5.41, 5.74) is 1.11. The summed E-state index contributed by atoms with van der Waals surface area (Å²) in [7, 11) is -3.84. The van der Waals surface area contributed by atoms with Gasteiger partial charge in [0.1, 0.15) is 12.4 Å². The number of rotatable bonds is 8. The quantitative estimate of drug-likeness (QED) is 0.660. The molecule has 0 spiro atoms. The van der Waals surface area contributed by atoms with Gasteiger partial charge in [0.05, 0.1) is 6.04 Å². The Labute approximate surface area is 157 Å². The second kappa shape index (κ2) is 8.56.